The zero-order valence-electron chi connectivity index (χ0n) is 36.4. The highest BCUT2D eigenvalue weighted by Crippen LogP contribution is 2.36. The maximum Gasteiger partial charge on any atom is 0.469 e. The fourth-order valence-corrected chi connectivity index (χ4v) is 6.70. The van der Waals surface area contributed by atoms with Crippen LogP contribution < -0.4 is 0 Å². The van der Waals surface area contributed by atoms with E-state index in [1.165, 1.54) is 122 Å². The van der Waals surface area contributed by atoms with Crippen LogP contribution in [0.25, 0.3) is 0 Å². The second kappa shape index (κ2) is 40.5. The van der Waals surface area contributed by atoms with E-state index in [0.29, 0.717) is 6.42 Å². The molecular weight excluding hydrogens is 739 g/mol. The number of ketones is 1. The highest BCUT2D eigenvalue weighted by Gasteiger charge is 2.23. The van der Waals surface area contributed by atoms with Crippen LogP contribution >= 0.6 is 7.82 Å². The Morgan fingerprint density at radius 2 is 1.07 bits per heavy atom. The lowest BCUT2D eigenvalue weighted by Crippen LogP contribution is -2.29. The molecule has 0 unspecified atom stereocenters. The summed E-state index contributed by atoms with van der Waals surface area (Å²) in [5, 5.41) is 0. The Bertz CT molecular complexity index is 1140. The Balaban J connectivity index is 4.01. The first-order chi connectivity index (χ1) is 27.5. The number of allylic oxidation sites excluding steroid dienone is 8. The van der Waals surface area contributed by atoms with Gasteiger partial charge in [0, 0.05) is 19.3 Å². The molecule has 0 fully saturated rings. The van der Waals surface area contributed by atoms with Gasteiger partial charge in [0.15, 0.2) is 11.9 Å². The summed E-state index contributed by atoms with van der Waals surface area (Å²) in [6.07, 6.45) is 45.6. The van der Waals surface area contributed by atoms with Crippen molar-refractivity contribution in [1.29, 1.82) is 0 Å². The van der Waals surface area contributed by atoms with Crippen LogP contribution in [0.2, 0.25) is 0 Å². The standard InChI is InChI=1S/C47H83O9P/c1-4-5-6-7-8-9-10-17-21-24-27-30-33-37-44(48)38-35-40-47(50)56-45(42-55-57(51,52)53)41-54-46(49)39-34-31-28-25-22-19-16-14-12-11-13-15-18-20-23-26-29-32-36-43(2)3/h8-9,17,21,27,30,33,37,43,45H,4-7,10-16,18-20,22-26,28-29,31-32,34-36,38-42H2,1-3H3,(H2,51,52,53)/b9-8-,21-17-,30-27-,37-33+/t45-/m1/s1. The molecule has 0 saturated carbocycles. The van der Waals surface area contributed by atoms with E-state index in [9.17, 15) is 18.9 Å². The van der Waals surface area contributed by atoms with Crippen molar-refractivity contribution in [2.45, 2.75) is 213 Å². The van der Waals surface area contributed by atoms with E-state index in [0.717, 1.165) is 44.4 Å². The number of phosphoric ester groups is 1. The van der Waals surface area contributed by atoms with Crippen LogP contribution in [0, 0.1) is 5.92 Å². The molecule has 0 amide bonds. The monoisotopic (exact) mass is 823 g/mol. The third-order valence-electron chi connectivity index (χ3n) is 9.75. The molecule has 0 spiro atoms. The van der Waals surface area contributed by atoms with Crippen LogP contribution in [0.4, 0.5) is 0 Å². The third-order valence-corrected chi connectivity index (χ3v) is 10.2. The molecular formula is C47H83O9P. The van der Waals surface area contributed by atoms with Gasteiger partial charge in [0.2, 0.25) is 0 Å². The van der Waals surface area contributed by atoms with Gasteiger partial charge in [-0.15, -0.1) is 0 Å². The van der Waals surface area contributed by atoms with Crippen LogP contribution in [0.15, 0.2) is 48.6 Å². The summed E-state index contributed by atoms with van der Waals surface area (Å²) >= 11 is 0. The van der Waals surface area contributed by atoms with Crippen molar-refractivity contribution >= 4 is 25.5 Å². The van der Waals surface area contributed by atoms with Gasteiger partial charge in [0.25, 0.3) is 0 Å². The van der Waals surface area contributed by atoms with Crippen molar-refractivity contribution < 1.29 is 42.7 Å². The summed E-state index contributed by atoms with van der Waals surface area (Å²) in [5.74, 6) is -0.425. The quantitative estimate of drug-likeness (QED) is 0.0154. The van der Waals surface area contributed by atoms with Gasteiger partial charge in [-0.05, 0) is 50.5 Å². The van der Waals surface area contributed by atoms with Gasteiger partial charge in [0.05, 0.1) is 6.61 Å². The molecule has 0 aliphatic rings. The van der Waals surface area contributed by atoms with Crippen LogP contribution in [-0.2, 0) is 32.9 Å². The Morgan fingerprint density at radius 3 is 1.61 bits per heavy atom. The van der Waals surface area contributed by atoms with Crippen molar-refractivity contribution in [3.63, 3.8) is 0 Å². The molecule has 0 aromatic rings. The summed E-state index contributed by atoms with van der Waals surface area (Å²) in [6.45, 7) is 5.83. The number of hydrogen-bond donors (Lipinski definition) is 2. The molecule has 1 atom stereocenters. The van der Waals surface area contributed by atoms with Gasteiger partial charge < -0.3 is 19.3 Å². The van der Waals surface area contributed by atoms with Crippen molar-refractivity contribution in [1.82, 2.24) is 0 Å². The Morgan fingerprint density at radius 1 is 0.561 bits per heavy atom. The summed E-state index contributed by atoms with van der Waals surface area (Å²) in [5.41, 5.74) is 0. The predicted molar refractivity (Wildman–Crippen MR) is 235 cm³/mol. The summed E-state index contributed by atoms with van der Waals surface area (Å²) in [7, 11) is -4.82. The molecule has 0 aromatic heterocycles. The first kappa shape index (κ1) is 54.7. The van der Waals surface area contributed by atoms with E-state index < -0.39 is 32.5 Å². The zero-order chi connectivity index (χ0) is 42.1. The largest absolute Gasteiger partial charge is 0.469 e. The average molecular weight is 823 g/mol. The highest BCUT2D eigenvalue weighted by molar-refractivity contribution is 7.46. The Kier molecular flexibility index (Phi) is 38.8. The zero-order valence-corrected chi connectivity index (χ0v) is 37.3. The fourth-order valence-electron chi connectivity index (χ4n) is 6.34. The number of hydrogen-bond acceptors (Lipinski definition) is 7. The van der Waals surface area contributed by atoms with Crippen molar-refractivity contribution in [2.75, 3.05) is 13.2 Å². The minimum atomic E-state index is -4.82. The number of rotatable bonds is 41. The topological polar surface area (TPSA) is 136 Å². The molecule has 10 heteroatoms. The molecule has 2 N–H and O–H groups in total. The van der Waals surface area contributed by atoms with Crippen LogP contribution in [0.5, 0.6) is 0 Å². The molecule has 9 nitrogen and oxygen atoms in total. The number of unbranched alkanes of at least 4 members (excludes halogenated alkanes) is 20. The minimum absolute atomic E-state index is 0.0767. The molecule has 0 saturated heterocycles. The van der Waals surface area contributed by atoms with Gasteiger partial charge >= 0.3 is 19.8 Å². The smallest absolute Gasteiger partial charge is 0.462 e. The molecule has 0 bridgehead atoms. The van der Waals surface area contributed by atoms with Crippen molar-refractivity contribution in [2.24, 2.45) is 5.92 Å². The van der Waals surface area contributed by atoms with Gasteiger partial charge in [-0.1, -0.05) is 192 Å². The highest BCUT2D eigenvalue weighted by atomic mass is 31.2. The van der Waals surface area contributed by atoms with E-state index in [1.54, 1.807) is 6.08 Å². The molecule has 0 aliphatic carbocycles. The lowest BCUT2D eigenvalue weighted by Gasteiger charge is -2.18. The van der Waals surface area contributed by atoms with Crippen LogP contribution in [-0.4, -0.2) is 46.8 Å². The van der Waals surface area contributed by atoms with E-state index in [-0.39, 0.29) is 38.1 Å². The average Bonchev–Trinajstić information content (AvgIpc) is 3.16. The third kappa shape index (κ3) is 44.6. The molecule has 0 aromatic carbocycles. The second-order valence-corrected chi connectivity index (χ2v) is 17.1. The predicted octanol–water partition coefficient (Wildman–Crippen LogP) is 13.3. The van der Waals surface area contributed by atoms with E-state index in [1.807, 2.05) is 12.2 Å². The lowest BCUT2D eigenvalue weighted by atomic mass is 10.0. The fraction of sp³-hybridized carbons (Fsp3) is 0.766. The van der Waals surface area contributed by atoms with E-state index in [4.69, 9.17) is 19.3 Å². The minimum Gasteiger partial charge on any atom is -0.462 e. The molecule has 330 valence electrons. The Labute approximate surface area is 348 Å². The van der Waals surface area contributed by atoms with Crippen LogP contribution in [0.3, 0.4) is 0 Å². The van der Waals surface area contributed by atoms with Crippen LogP contribution in [0.1, 0.15) is 207 Å². The second-order valence-electron chi connectivity index (χ2n) is 15.9. The maximum absolute atomic E-state index is 12.4. The Hall–Kier alpha value is -2.32. The molecule has 57 heavy (non-hydrogen) atoms. The SMILES string of the molecule is CCCCC/C=C\C/C=C\C/C=C\C=C\C(=O)CCCC(=O)O[C@H](COC(=O)CCCCCCCCCCCCCCCCCCCCC(C)C)COP(=O)(O)O. The first-order valence-electron chi connectivity index (χ1n) is 22.7. The molecule has 0 heterocycles. The van der Waals surface area contributed by atoms with Gasteiger partial charge in [-0.3, -0.25) is 18.9 Å². The van der Waals surface area contributed by atoms with Gasteiger partial charge in [-0.25, -0.2) is 4.57 Å². The number of esters is 2. The van der Waals surface area contributed by atoms with Gasteiger partial charge in [0.1, 0.15) is 6.61 Å². The summed E-state index contributed by atoms with van der Waals surface area (Å²) < 4.78 is 26.2. The van der Waals surface area contributed by atoms with E-state index in [2.05, 4.69) is 49.6 Å². The summed E-state index contributed by atoms with van der Waals surface area (Å²) in [6, 6.07) is 0. The van der Waals surface area contributed by atoms with Gasteiger partial charge in [-0.2, -0.15) is 0 Å². The molecule has 0 rings (SSSR count). The summed E-state index contributed by atoms with van der Waals surface area (Å²) in [4.78, 5) is 55.1. The van der Waals surface area contributed by atoms with Crippen molar-refractivity contribution in [3.05, 3.63) is 48.6 Å². The molecule has 0 aliphatic heterocycles. The number of phosphoric acid groups is 1. The number of carbonyl (C=O) groups excluding carboxylic acids is 3. The first-order valence-corrected chi connectivity index (χ1v) is 24.3. The molecule has 0 radical (unpaired) electrons. The number of ether oxygens (including phenoxy) is 2. The lowest BCUT2D eigenvalue weighted by molar-refractivity contribution is -0.161. The normalized spacial score (nSPS) is 12.9. The van der Waals surface area contributed by atoms with Crippen molar-refractivity contribution in [3.8, 4) is 0 Å². The maximum atomic E-state index is 12.4. The number of carbonyl (C=O) groups is 3. The van der Waals surface area contributed by atoms with E-state index >= 15 is 0 Å².